The van der Waals surface area contributed by atoms with Gasteiger partial charge in [0.05, 0.1) is 0 Å². The zero-order chi connectivity index (χ0) is 10.7. The summed E-state index contributed by atoms with van der Waals surface area (Å²) in [4.78, 5) is 6.78. The van der Waals surface area contributed by atoms with Gasteiger partial charge in [-0.1, -0.05) is 0 Å². The van der Waals surface area contributed by atoms with Gasteiger partial charge in [-0.15, -0.1) is 0 Å². The summed E-state index contributed by atoms with van der Waals surface area (Å²) in [6.07, 6.45) is 3.88. The van der Waals surface area contributed by atoms with Crippen LogP contribution >= 0.6 is 11.5 Å². The summed E-state index contributed by atoms with van der Waals surface area (Å²) in [5.74, 6) is 0.905. The molecule has 1 aliphatic rings. The molecule has 0 radical (unpaired) electrons. The molecule has 0 amide bonds. The molecule has 0 saturated carbocycles. The Bertz CT molecular complexity index is 304. The monoisotopic (exact) mass is 226 g/mol. The minimum Gasteiger partial charge on any atom is -0.358 e. The molecule has 1 N–H and O–H groups in total. The van der Waals surface area contributed by atoms with Crippen LogP contribution in [0.5, 0.6) is 0 Å². The standard InChI is InChI=1S/C10H18N4S/c1-8(2)11-10-12-9(13-15-10)14-6-4-3-5-7-14/h8H,3-7H2,1-2H3,(H,11,12,13). The smallest absolute Gasteiger partial charge is 0.239 e. The summed E-state index contributed by atoms with van der Waals surface area (Å²) in [7, 11) is 0. The van der Waals surface area contributed by atoms with Crippen molar-refractivity contribution in [2.75, 3.05) is 23.3 Å². The molecule has 1 saturated heterocycles. The van der Waals surface area contributed by atoms with E-state index >= 15 is 0 Å². The average Bonchev–Trinajstić information content (AvgIpc) is 2.67. The third-order valence-electron chi connectivity index (χ3n) is 2.47. The van der Waals surface area contributed by atoms with Crippen molar-refractivity contribution in [2.45, 2.75) is 39.2 Å². The van der Waals surface area contributed by atoms with E-state index in [1.807, 2.05) is 0 Å². The molecule has 0 bridgehead atoms. The molecule has 2 heterocycles. The molecule has 1 aromatic heterocycles. The van der Waals surface area contributed by atoms with Crippen molar-refractivity contribution in [3.63, 3.8) is 0 Å². The normalized spacial score (nSPS) is 17.1. The van der Waals surface area contributed by atoms with Gasteiger partial charge in [-0.25, -0.2) is 0 Å². The first kappa shape index (κ1) is 10.7. The van der Waals surface area contributed by atoms with Crippen LogP contribution in [0.4, 0.5) is 11.1 Å². The molecule has 1 fully saturated rings. The first-order valence-corrected chi connectivity index (χ1v) is 6.38. The fourth-order valence-electron chi connectivity index (χ4n) is 1.74. The van der Waals surface area contributed by atoms with Crippen LogP contribution < -0.4 is 10.2 Å². The van der Waals surface area contributed by atoms with Crippen molar-refractivity contribution in [2.24, 2.45) is 0 Å². The molecule has 5 heteroatoms. The maximum Gasteiger partial charge on any atom is 0.239 e. The third-order valence-corrected chi connectivity index (χ3v) is 3.10. The zero-order valence-corrected chi connectivity index (χ0v) is 10.2. The average molecular weight is 226 g/mol. The quantitative estimate of drug-likeness (QED) is 0.859. The molecule has 0 unspecified atom stereocenters. The lowest BCUT2D eigenvalue weighted by Crippen LogP contribution is -2.30. The Labute approximate surface area is 94.9 Å². The summed E-state index contributed by atoms with van der Waals surface area (Å²) in [5.41, 5.74) is 0. The highest BCUT2D eigenvalue weighted by Crippen LogP contribution is 2.21. The number of aromatic nitrogens is 2. The number of rotatable bonds is 3. The number of nitrogens with one attached hydrogen (secondary N) is 1. The highest BCUT2D eigenvalue weighted by molar-refractivity contribution is 7.09. The van der Waals surface area contributed by atoms with E-state index in [2.05, 4.69) is 33.4 Å². The number of piperidine rings is 1. The van der Waals surface area contributed by atoms with E-state index in [0.717, 1.165) is 24.2 Å². The predicted octanol–water partition coefficient (Wildman–Crippen LogP) is 2.35. The van der Waals surface area contributed by atoms with Gasteiger partial charge in [0.1, 0.15) is 0 Å². The van der Waals surface area contributed by atoms with Gasteiger partial charge in [-0.2, -0.15) is 9.36 Å². The molecule has 0 atom stereocenters. The van der Waals surface area contributed by atoms with Crippen LogP contribution in [0.3, 0.4) is 0 Å². The number of hydrogen-bond acceptors (Lipinski definition) is 5. The van der Waals surface area contributed by atoms with E-state index in [-0.39, 0.29) is 0 Å². The van der Waals surface area contributed by atoms with Crippen molar-refractivity contribution in [3.05, 3.63) is 0 Å². The van der Waals surface area contributed by atoms with E-state index in [0.29, 0.717) is 6.04 Å². The van der Waals surface area contributed by atoms with Gasteiger partial charge < -0.3 is 10.2 Å². The fraction of sp³-hybridized carbons (Fsp3) is 0.800. The van der Waals surface area contributed by atoms with Crippen LogP contribution in [-0.2, 0) is 0 Å². The topological polar surface area (TPSA) is 41.1 Å². The summed E-state index contributed by atoms with van der Waals surface area (Å²) in [5, 5.41) is 4.22. The van der Waals surface area contributed by atoms with Crippen LogP contribution in [0.15, 0.2) is 0 Å². The van der Waals surface area contributed by atoms with Crippen LogP contribution in [0.2, 0.25) is 0 Å². The minimum atomic E-state index is 0.423. The highest BCUT2D eigenvalue weighted by Gasteiger charge is 2.15. The summed E-state index contributed by atoms with van der Waals surface area (Å²) >= 11 is 1.46. The largest absolute Gasteiger partial charge is 0.358 e. The lowest BCUT2D eigenvalue weighted by atomic mass is 10.1. The molecule has 0 aliphatic carbocycles. The molecule has 0 aromatic carbocycles. The third kappa shape index (κ3) is 2.81. The number of hydrogen-bond donors (Lipinski definition) is 1. The molecule has 84 valence electrons. The number of anilines is 2. The Balaban J connectivity index is 1.99. The predicted molar refractivity (Wildman–Crippen MR) is 64.7 cm³/mol. The maximum atomic E-state index is 4.50. The lowest BCUT2D eigenvalue weighted by molar-refractivity contribution is 0.570. The van der Waals surface area contributed by atoms with Gasteiger partial charge in [0.25, 0.3) is 0 Å². The molecule has 2 rings (SSSR count). The van der Waals surface area contributed by atoms with Crippen molar-refractivity contribution < 1.29 is 0 Å². The zero-order valence-electron chi connectivity index (χ0n) is 9.36. The molecular formula is C10H18N4S. The van der Waals surface area contributed by atoms with E-state index in [4.69, 9.17) is 0 Å². The van der Waals surface area contributed by atoms with Crippen molar-refractivity contribution in [1.29, 1.82) is 0 Å². The van der Waals surface area contributed by atoms with Crippen molar-refractivity contribution >= 4 is 22.6 Å². The Kier molecular flexibility index (Phi) is 3.41. The van der Waals surface area contributed by atoms with Gasteiger partial charge in [0.15, 0.2) is 0 Å². The summed E-state index contributed by atoms with van der Waals surface area (Å²) in [6.45, 7) is 6.44. The first-order valence-electron chi connectivity index (χ1n) is 5.61. The summed E-state index contributed by atoms with van der Waals surface area (Å²) in [6, 6.07) is 0.423. The van der Waals surface area contributed by atoms with Crippen LogP contribution in [-0.4, -0.2) is 28.5 Å². The van der Waals surface area contributed by atoms with Gasteiger partial charge in [0, 0.05) is 30.7 Å². The molecule has 0 spiro atoms. The summed E-state index contributed by atoms with van der Waals surface area (Å²) < 4.78 is 4.39. The SMILES string of the molecule is CC(C)Nc1nc(N2CCCCC2)ns1. The second-order valence-electron chi connectivity index (χ2n) is 4.25. The van der Waals surface area contributed by atoms with Crippen LogP contribution in [0.1, 0.15) is 33.1 Å². The van der Waals surface area contributed by atoms with Crippen molar-refractivity contribution in [1.82, 2.24) is 9.36 Å². The van der Waals surface area contributed by atoms with Crippen LogP contribution in [0.25, 0.3) is 0 Å². The van der Waals surface area contributed by atoms with E-state index in [9.17, 15) is 0 Å². The van der Waals surface area contributed by atoms with E-state index < -0.39 is 0 Å². The lowest BCUT2D eigenvalue weighted by Gasteiger charge is -2.24. The Morgan fingerprint density at radius 2 is 2.00 bits per heavy atom. The Morgan fingerprint density at radius 1 is 1.27 bits per heavy atom. The molecular weight excluding hydrogens is 208 g/mol. The second kappa shape index (κ2) is 4.79. The fourth-order valence-corrected chi connectivity index (χ4v) is 2.48. The van der Waals surface area contributed by atoms with Gasteiger partial charge >= 0.3 is 0 Å². The molecule has 1 aromatic rings. The second-order valence-corrected chi connectivity index (χ2v) is 5.00. The van der Waals surface area contributed by atoms with Crippen molar-refractivity contribution in [3.8, 4) is 0 Å². The van der Waals surface area contributed by atoms with E-state index in [1.165, 1.54) is 30.8 Å². The number of nitrogens with zero attached hydrogens (tertiary/aromatic N) is 3. The highest BCUT2D eigenvalue weighted by atomic mass is 32.1. The maximum absolute atomic E-state index is 4.50. The minimum absolute atomic E-state index is 0.423. The van der Waals surface area contributed by atoms with E-state index in [1.54, 1.807) is 0 Å². The van der Waals surface area contributed by atoms with Gasteiger partial charge in [0.2, 0.25) is 11.1 Å². The molecule has 15 heavy (non-hydrogen) atoms. The van der Waals surface area contributed by atoms with Gasteiger partial charge in [-0.3, -0.25) is 0 Å². The Morgan fingerprint density at radius 3 is 2.67 bits per heavy atom. The van der Waals surface area contributed by atoms with Crippen LogP contribution in [0, 0.1) is 0 Å². The molecule has 1 aliphatic heterocycles. The van der Waals surface area contributed by atoms with Gasteiger partial charge in [-0.05, 0) is 33.1 Å². The Hall–Kier alpha value is -0.840. The molecule has 4 nitrogen and oxygen atoms in total. The first-order chi connectivity index (χ1) is 7.25.